The molecule has 0 aliphatic rings. The second-order valence-corrected chi connectivity index (χ2v) is 5.10. The molecule has 0 bridgehead atoms. The Morgan fingerprint density at radius 2 is 2.00 bits per heavy atom. The van der Waals surface area contributed by atoms with Gasteiger partial charge in [0.25, 0.3) is 0 Å². The lowest BCUT2D eigenvalue weighted by Crippen LogP contribution is -2.06. The van der Waals surface area contributed by atoms with E-state index in [1.165, 1.54) is 11.3 Å². The molecule has 2 aromatic rings. The Morgan fingerprint density at radius 3 is 2.50 bits per heavy atom. The molecular weight excluding hydrogens is 287 g/mol. The third-order valence-electron chi connectivity index (χ3n) is 2.02. The fourth-order valence-corrected chi connectivity index (χ4v) is 2.08. The monoisotopic (exact) mass is 293 g/mol. The van der Waals surface area contributed by atoms with Gasteiger partial charge in [-0.1, -0.05) is 11.6 Å². The van der Waals surface area contributed by atoms with Crippen LogP contribution in [0.2, 0.25) is 5.02 Å². The number of anilines is 2. The van der Waals surface area contributed by atoms with Gasteiger partial charge in [0.15, 0.2) is 10.9 Å². The zero-order valence-corrected chi connectivity index (χ0v) is 10.6. The highest BCUT2D eigenvalue weighted by Gasteiger charge is 2.31. The molecule has 0 saturated heterocycles. The normalized spacial score (nSPS) is 11.6. The van der Waals surface area contributed by atoms with Crippen LogP contribution < -0.4 is 5.32 Å². The molecule has 0 aromatic carbocycles. The second kappa shape index (κ2) is 4.74. The molecule has 3 nitrogen and oxygen atoms in total. The van der Waals surface area contributed by atoms with Crippen molar-refractivity contribution in [3.8, 4) is 0 Å². The Morgan fingerprint density at radius 1 is 1.28 bits per heavy atom. The molecule has 0 saturated carbocycles. The smallest absolute Gasteiger partial charge is 0.315 e. The van der Waals surface area contributed by atoms with Gasteiger partial charge in [-0.05, 0) is 13.0 Å². The number of nitrogens with one attached hydrogen (secondary N) is 1. The summed E-state index contributed by atoms with van der Waals surface area (Å²) < 4.78 is 37.2. The second-order valence-electron chi connectivity index (χ2n) is 3.45. The molecule has 0 aliphatic heterocycles. The van der Waals surface area contributed by atoms with Gasteiger partial charge < -0.3 is 5.32 Å². The van der Waals surface area contributed by atoms with Gasteiger partial charge in [-0.15, -0.1) is 11.3 Å². The molecule has 0 amide bonds. The molecule has 18 heavy (non-hydrogen) atoms. The van der Waals surface area contributed by atoms with Gasteiger partial charge in [-0.3, -0.25) is 0 Å². The first-order valence-corrected chi connectivity index (χ1v) is 5.98. The number of thiazole rings is 1. The van der Waals surface area contributed by atoms with Crippen molar-refractivity contribution in [1.82, 2.24) is 9.97 Å². The molecule has 96 valence electrons. The fraction of sp³-hybridized carbons (Fsp3) is 0.200. The summed E-state index contributed by atoms with van der Waals surface area (Å²) in [5.74, 6) is 0.152. The van der Waals surface area contributed by atoms with Crippen molar-refractivity contribution in [3.63, 3.8) is 0 Å². The predicted molar refractivity (Wildman–Crippen MR) is 64.4 cm³/mol. The third-order valence-corrected chi connectivity index (χ3v) is 3.13. The lowest BCUT2D eigenvalue weighted by molar-refractivity contribution is -0.137. The maximum Gasteiger partial charge on any atom is 0.417 e. The van der Waals surface area contributed by atoms with Gasteiger partial charge in [0, 0.05) is 17.3 Å². The highest BCUT2D eigenvalue weighted by atomic mass is 35.5. The first-order chi connectivity index (χ1) is 8.36. The maximum absolute atomic E-state index is 12.4. The first kappa shape index (κ1) is 13.1. The van der Waals surface area contributed by atoms with Gasteiger partial charge in [0.2, 0.25) is 0 Å². The molecule has 0 aliphatic carbocycles. The van der Waals surface area contributed by atoms with E-state index in [2.05, 4.69) is 15.3 Å². The van der Waals surface area contributed by atoms with Crippen LogP contribution in [0.4, 0.5) is 24.1 Å². The minimum Gasteiger partial charge on any atom is -0.315 e. The Labute approximate surface area is 110 Å². The van der Waals surface area contributed by atoms with Crippen LogP contribution in [0, 0.1) is 6.92 Å². The zero-order valence-electron chi connectivity index (χ0n) is 9.05. The number of rotatable bonds is 2. The van der Waals surface area contributed by atoms with Crippen LogP contribution in [0.5, 0.6) is 0 Å². The van der Waals surface area contributed by atoms with Crippen molar-refractivity contribution in [2.75, 3.05) is 5.32 Å². The number of aromatic nitrogens is 2. The molecule has 8 heteroatoms. The lowest BCUT2D eigenvalue weighted by Gasteiger charge is -2.09. The van der Waals surface area contributed by atoms with Crippen molar-refractivity contribution >= 4 is 33.9 Å². The number of alkyl halides is 3. The van der Waals surface area contributed by atoms with Gasteiger partial charge in [-0.2, -0.15) is 13.2 Å². The Bertz CT molecular complexity index is 568. The molecule has 0 spiro atoms. The third kappa shape index (κ3) is 2.91. The average Bonchev–Trinajstić information content (AvgIpc) is 2.65. The predicted octanol–water partition coefficient (Wildman–Crippen LogP) is 4.26. The zero-order chi connectivity index (χ0) is 13.3. The summed E-state index contributed by atoms with van der Waals surface area (Å²) >= 11 is 7.10. The number of hydrogen-bond donors (Lipinski definition) is 1. The number of aryl methyl sites for hydroxylation is 1. The molecule has 0 unspecified atom stereocenters. The van der Waals surface area contributed by atoms with Crippen LogP contribution in [0.25, 0.3) is 0 Å². The van der Waals surface area contributed by atoms with E-state index in [0.29, 0.717) is 5.13 Å². The Hall–Kier alpha value is -1.34. The number of halogens is 4. The molecule has 2 heterocycles. The van der Waals surface area contributed by atoms with Crippen molar-refractivity contribution in [1.29, 1.82) is 0 Å². The van der Waals surface area contributed by atoms with E-state index < -0.39 is 11.7 Å². The minimum atomic E-state index is -4.45. The van der Waals surface area contributed by atoms with Gasteiger partial charge >= 0.3 is 6.18 Å². The Balaban J connectivity index is 2.25. The van der Waals surface area contributed by atoms with Crippen LogP contribution in [0.3, 0.4) is 0 Å². The highest BCUT2D eigenvalue weighted by molar-refractivity contribution is 7.15. The summed E-state index contributed by atoms with van der Waals surface area (Å²) in [6, 6.07) is 0.831. The Kier molecular flexibility index (Phi) is 3.45. The molecular formula is C10H7ClF3N3S. The van der Waals surface area contributed by atoms with E-state index in [0.717, 1.165) is 17.1 Å². The van der Waals surface area contributed by atoms with Gasteiger partial charge in [0.1, 0.15) is 0 Å². The fourth-order valence-electron chi connectivity index (χ4n) is 1.20. The molecule has 0 radical (unpaired) electrons. The molecule has 2 aromatic heterocycles. The first-order valence-electron chi connectivity index (χ1n) is 4.78. The lowest BCUT2D eigenvalue weighted by atomic mass is 10.3. The van der Waals surface area contributed by atoms with Gasteiger partial charge in [0.05, 0.1) is 10.6 Å². The SMILES string of the molecule is Cc1cnc(Nc2ncc(C(F)(F)F)cc2Cl)s1. The van der Waals surface area contributed by atoms with Crippen molar-refractivity contribution in [3.05, 3.63) is 33.9 Å². The summed E-state index contributed by atoms with van der Waals surface area (Å²) in [5.41, 5.74) is -0.881. The van der Waals surface area contributed by atoms with E-state index in [4.69, 9.17) is 11.6 Å². The van der Waals surface area contributed by atoms with E-state index in [1.807, 2.05) is 6.92 Å². The quantitative estimate of drug-likeness (QED) is 0.899. The molecule has 0 atom stereocenters. The number of nitrogens with zero attached hydrogens (tertiary/aromatic N) is 2. The van der Waals surface area contributed by atoms with Crippen LogP contribution >= 0.6 is 22.9 Å². The van der Waals surface area contributed by atoms with E-state index >= 15 is 0 Å². The van der Waals surface area contributed by atoms with Crippen LogP contribution in [-0.2, 0) is 6.18 Å². The largest absolute Gasteiger partial charge is 0.417 e. The summed E-state index contributed by atoms with van der Waals surface area (Å²) in [6.07, 6.45) is -2.08. The molecule has 1 N–H and O–H groups in total. The van der Waals surface area contributed by atoms with Gasteiger partial charge in [-0.25, -0.2) is 9.97 Å². The van der Waals surface area contributed by atoms with E-state index in [-0.39, 0.29) is 10.8 Å². The van der Waals surface area contributed by atoms with Crippen LogP contribution in [0.15, 0.2) is 18.5 Å². The minimum absolute atomic E-state index is 0.0994. The van der Waals surface area contributed by atoms with Crippen molar-refractivity contribution in [2.45, 2.75) is 13.1 Å². The summed E-state index contributed by atoms with van der Waals surface area (Å²) in [6.45, 7) is 1.87. The maximum atomic E-state index is 12.4. The average molecular weight is 294 g/mol. The van der Waals surface area contributed by atoms with Crippen LogP contribution in [0.1, 0.15) is 10.4 Å². The number of hydrogen-bond acceptors (Lipinski definition) is 4. The standard InChI is InChI=1S/C10H7ClF3N3S/c1-5-3-16-9(18-5)17-8-7(11)2-6(4-15-8)10(12,13)14/h2-4H,1H3,(H,15,16,17). The topological polar surface area (TPSA) is 37.8 Å². The van der Waals surface area contributed by atoms with Crippen LogP contribution in [-0.4, -0.2) is 9.97 Å². The number of pyridine rings is 1. The van der Waals surface area contributed by atoms with E-state index in [9.17, 15) is 13.2 Å². The summed E-state index contributed by atoms with van der Waals surface area (Å²) in [4.78, 5) is 8.64. The van der Waals surface area contributed by atoms with Crippen molar-refractivity contribution < 1.29 is 13.2 Å². The highest BCUT2D eigenvalue weighted by Crippen LogP contribution is 2.33. The van der Waals surface area contributed by atoms with E-state index in [1.54, 1.807) is 6.20 Å². The summed E-state index contributed by atoms with van der Waals surface area (Å²) in [5, 5.41) is 3.20. The molecule has 0 fully saturated rings. The van der Waals surface area contributed by atoms with Crippen molar-refractivity contribution in [2.24, 2.45) is 0 Å². The molecule has 2 rings (SSSR count). The summed E-state index contributed by atoms with van der Waals surface area (Å²) in [7, 11) is 0.